The van der Waals surface area contributed by atoms with Gasteiger partial charge >= 0.3 is 0 Å². The Morgan fingerprint density at radius 2 is 1.88 bits per heavy atom. The molecule has 17 heavy (non-hydrogen) atoms. The number of sulfone groups is 1. The number of nitrogens with zero attached hydrogens (tertiary/aromatic N) is 2. The van der Waals surface area contributed by atoms with Crippen LogP contribution in [0.3, 0.4) is 0 Å². The monoisotopic (exact) mass is 274 g/mol. The Labute approximate surface area is 106 Å². The zero-order valence-electron chi connectivity index (χ0n) is 9.74. The van der Waals surface area contributed by atoms with E-state index in [9.17, 15) is 8.42 Å². The molecule has 1 aliphatic rings. The molecule has 6 heteroatoms. The average Bonchev–Trinajstić information content (AvgIpc) is 2.40. The molecule has 0 aliphatic heterocycles. The zero-order valence-corrected chi connectivity index (χ0v) is 11.3. The SMILES string of the molecule is CS(=O)(=O)Cc1nc(Cl)c2c(n1)CCCCC2. The highest BCUT2D eigenvalue weighted by Crippen LogP contribution is 2.24. The van der Waals surface area contributed by atoms with Gasteiger partial charge in [0.2, 0.25) is 0 Å². The van der Waals surface area contributed by atoms with Crippen molar-refractivity contribution in [3.63, 3.8) is 0 Å². The minimum Gasteiger partial charge on any atom is -0.236 e. The van der Waals surface area contributed by atoms with Gasteiger partial charge < -0.3 is 0 Å². The molecule has 0 amide bonds. The third kappa shape index (κ3) is 3.39. The maximum absolute atomic E-state index is 11.2. The molecule has 0 unspecified atom stereocenters. The van der Waals surface area contributed by atoms with Crippen molar-refractivity contribution in [2.45, 2.75) is 37.9 Å². The minimum atomic E-state index is -3.11. The molecule has 0 saturated heterocycles. The number of hydrogen-bond acceptors (Lipinski definition) is 4. The molecular weight excluding hydrogens is 260 g/mol. The first kappa shape index (κ1) is 12.8. The minimum absolute atomic E-state index is 0.139. The van der Waals surface area contributed by atoms with Gasteiger partial charge in [-0.25, -0.2) is 18.4 Å². The van der Waals surface area contributed by atoms with E-state index in [4.69, 9.17) is 11.6 Å². The van der Waals surface area contributed by atoms with Gasteiger partial charge in [-0.2, -0.15) is 0 Å². The molecule has 1 aromatic rings. The third-order valence-corrected chi connectivity index (χ3v) is 3.92. The number of hydrogen-bond donors (Lipinski definition) is 0. The van der Waals surface area contributed by atoms with Crippen LogP contribution in [0, 0.1) is 0 Å². The van der Waals surface area contributed by atoms with E-state index in [0.29, 0.717) is 11.0 Å². The van der Waals surface area contributed by atoms with Crippen LogP contribution in [0.2, 0.25) is 5.15 Å². The summed E-state index contributed by atoms with van der Waals surface area (Å²) in [6.07, 6.45) is 6.28. The first-order valence-corrected chi connectivity index (χ1v) is 8.11. The number of fused-ring (bicyclic) bond motifs is 1. The van der Waals surface area contributed by atoms with Gasteiger partial charge in [-0.05, 0) is 25.7 Å². The summed E-state index contributed by atoms with van der Waals surface area (Å²) < 4.78 is 22.4. The molecule has 1 heterocycles. The second-order valence-corrected chi connectivity index (χ2v) is 6.98. The van der Waals surface area contributed by atoms with Gasteiger partial charge in [0.1, 0.15) is 16.7 Å². The van der Waals surface area contributed by atoms with Crippen LogP contribution in [-0.4, -0.2) is 24.6 Å². The van der Waals surface area contributed by atoms with Crippen LogP contribution in [0.5, 0.6) is 0 Å². The molecular formula is C11H15ClN2O2S. The number of aryl methyl sites for hydroxylation is 1. The van der Waals surface area contributed by atoms with Crippen LogP contribution in [0.4, 0.5) is 0 Å². The largest absolute Gasteiger partial charge is 0.236 e. The summed E-state index contributed by atoms with van der Waals surface area (Å²) >= 11 is 6.10. The number of rotatable bonds is 2. The van der Waals surface area contributed by atoms with Crippen molar-refractivity contribution >= 4 is 21.4 Å². The molecule has 1 aromatic heterocycles. The summed E-state index contributed by atoms with van der Waals surface area (Å²) in [5.41, 5.74) is 1.93. The van der Waals surface area contributed by atoms with Crippen molar-refractivity contribution in [1.29, 1.82) is 0 Å². The maximum Gasteiger partial charge on any atom is 0.154 e. The molecule has 1 aliphatic carbocycles. The Balaban J connectivity index is 2.39. The Morgan fingerprint density at radius 1 is 1.18 bits per heavy atom. The van der Waals surface area contributed by atoms with E-state index in [-0.39, 0.29) is 5.75 Å². The maximum atomic E-state index is 11.2. The van der Waals surface area contributed by atoms with Gasteiger partial charge in [0.05, 0.1) is 0 Å². The fourth-order valence-electron chi connectivity index (χ4n) is 2.07. The first-order chi connectivity index (χ1) is 7.96. The first-order valence-electron chi connectivity index (χ1n) is 5.67. The van der Waals surface area contributed by atoms with Crippen molar-refractivity contribution in [3.05, 3.63) is 22.2 Å². The summed E-state index contributed by atoms with van der Waals surface area (Å²) in [6.45, 7) is 0. The number of halogens is 1. The highest BCUT2D eigenvalue weighted by Gasteiger charge is 2.17. The molecule has 2 rings (SSSR count). The lowest BCUT2D eigenvalue weighted by Crippen LogP contribution is -2.09. The predicted molar refractivity (Wildman–Crippen MR) is 66.8 cm³/mol. The van der Waals surface area contributed by atoms with E-state index in [0.717, 1.165) is 43.4 Å². The van der Waals surface area contributed by atoms with E-state index in [1.54, 1.807) is 0 Å². The molecule has 0 radical (unpaired) electrons. The zero-order chi connectivity index (χ0) is 12.5. The van der Waals surface area contributed by atoms with Crippen molar-refractivity contribution in [1.82, 2.24) is 9.97 Å². The molecule has 0 aromatic carbocycles. The molecule has 0 fully saturated rings. The second kappa shape index (κ2) is 4.90. The van der Waals surface area contributed by atoms with Gasteiger partial charge in [-0.3, -0.25) is 0 Å². The van der Waals surface area contributed by atoms with Crippen molar-refractivity contribution in [3.8, 4) is 0 Å². The topological polar surface area (TPSA) is 59.9 Å². The van der Waals surface area contributed by atoms with Crippen molar-refractivity contribution < 1.29 is 8.42 Å². The van der Waals surface area contributed by atoms with Crippen LogP contribution in [-0.2, 0) is 28.4 Å². The predicted octanol–water partition coefficient (Wildman–Crippen LogP) is 1.94. The van der Waals surface area contributed by atoms with E-state index >= 15 is 0 Å². The van der Waals surface area contributed by atoms with Gasteiger partial charge in [0, 0.05) is 17.5 Å². The summed E-state index contributed by atoms with van der Waals surface area (Å²) in [5.74, 6) is 0.179. The van der Waals surface area contributed by atoms with Gasteiger partial charge in [0.15, 0.2) is 9.84 Å². The average molecular weight is 275 g/mol. The van der Waals surface area contributed by atoms with E-state index < -0.39 is 9.84 Å². The molecule has 0 atom stereocenters. The lowest BCUT2D eigenvalue weighted by molar-refractivity contribution is 0.599. The quantitative estimate of drug-likeness (QED) is 0.611. The van der Waals surface area contributed by atoms with Crippen molar-refractivity contribution in [2.24, 2.45) is 0 Å². The van der Waals surface area contributed by atoms with Crippen LogP contribution in [0.15, 0.2) is 0 Å². The summed E-state index contributed by atoms with van der Waals surface area (Å²) in [6, 6.07) is 0. The molecule has 0 saturated carbocycles. The van der Waals surface area contributed by atoms with Crippen LogP contribution in [0.1, 0.15) is 36.3 Å². The summed E-state index contributed by atoms with van der Waals surface area (Å²) in [5, 5.41) is 0.426. The highest BCUT2D eigenvalue weighted by atomic mass is 35.5. The van der Waals surface area contributed by atoms with Gasteiger partial charge in [-0.15, -0.1) is 0 Å². The van der Waals surface area contributed by atoms with E-state index in [1.807, 2.05) is 0 Å². The number of aromatic nitrogens is 2. The van der Waals surface area contributed by atoms with Crippen LogP contribution >= 0.6 is 11.6 Å². The van der Waals surface area contributed by atoms with Gasteiger partial charge in [-0.1, -0.05) is 18.0 Å². The molecule has 4 nitrogen and oxygen atoms in total. The fraction of sp³-hybridized carbons (Fsp3) is 0.636. The van der Waals surface area contributed by atoms with E-state index in [1.165, 1.54) is 6.26 Å². The molecule has 0 N–H and O–H groups in total. The van der Waals surface area contributed by atoms with Crippen molar-refractivity contribution in [2.75, 3.05) is 6.26 Å². The normalized spacial score (nSPS) is 16.4. The smallest absolute Gasteiger partial charge is 0.154 e. The van der Waals surface area contributed by atoms with Gasteiger partial charge in [0.25, 0.3) is 0 Å². The Bertz CT molecular complexity index is 529. The van der Waals surface area contributed by atoms with E-state index in [2.05, 4.69) is 9.97 Å². The second-order valence-electron chi connectivity index (χ2n) is 4.49. The fourth-order valence-corrected chi connectivity index (χ4v) is 2.97. The standard InChI is InChI=1S/C11H15ClN2O2S/c1-17(15,16)7-10-13-9-6-4-2-3-5-8(9)11(12)14-10/h2-7H2,1H3. The Kier molecular flexibility index (Phi) is 3.68. The Morgan fingerprint density at radius 3 is 2.59 bits per heavy atom. The molecule has 94 valence electrons. The summed E-state index contributed by atoms with van der Waals surface area (Å²) in [4.78, 5) is 8.43. The van der Waals surface area contributed by atoms with Crippen LogP contribution < -0.4 is 0 Å². The molecule has 0 bridgehead atoms. The lowest BCUT2D eigenvalue weighted by Gasteiger charge is -2.08. The Hall–Kier alpha value is -0.680. The highest BCUT2D eigenvalue weighted by molar-refractivity contribution is 7.89. The lowest BCUT2D eigenvalue weighted by atomic mass is 10.1. The molecule has 0 spiro atoms. The third-order valence-electron chi connectivity index (χ3n) is 2.82. The summed E-state index contributed by atoms with van der Waals surface area (Å²) in [7, 11) is -3.11. The van der Waals surface area contributed by atoms with Crippen LogP contribution in [0.25, 0.3) is 0 Å².